The Morgan fingerprint density at radius 3 is 2.37 bits per heavy atom. The molecule has 4 aromatic rings. The van der Waals surface area contributed by atoms with Crippen molar-refractivity contribution in [3.8, 4) is 0 Å². The number of rotatable bonds is 2. The molecule has 1 unspecified atom stereocenters. The van der Waals surface area contributed by atoms with Gasteiger partial charge in [-0.1, -0.05) is 57.4 Å². The summed E-state index contributed by atoms with van der Waals surface area (Å²) in [4.78, 5) is 28.6. The van der Waals surface area contributed by atoms with E-state index in [0.29, 0.717) is 27.2 Å². The molecule has 0 saturated heterocycles. The summed E-state index contributed by atoms with van der Waals surface area (Å²) in [6.07, 6.45) is 0. The van der Waals surface area contributed by atoms with E-state index >= 15 is 0 Å². The number of carbonyl (C=O) groups is 1. The van der Waals surface area contributed by atoms with Crippen molar-refractivity contribution in [1.82, 2.24) is 0 Å². The predicted molar refractivity (Wildman–Crippen MR) is 121 cm³/mol. The SMILES string of the molecule is Cc1ccc(N2C(=O)c3oc4ccc(Cl)cc4c(=O)c3C2c2ccc(Br)cc2)cc1. The van der Waals surface area contributed by atoms with E-state index in [1.165, 1.54) is 0 Å². The van der Waals surface area contributed by atoms with Crippen molar-refractivity contribution in [1.29, 1.82) is 0 Å². The molecule has 2 heterocycles. The molecule has 1 aromatic heterocycles. The third-order valence-electron chi connectivity index (χ3n) is 5.33. The van der Waals surface area contributed by atoms with Crippen LogP contribution in [-0.4, -0.2) is 5.91 Å². The molecular formula is C24H15BrClNO3. The van der Waals surface area contributed by atoms with Gasteiger partial charge in [-0.25, -0.2) is 0 Å². The summed E-state index contributed by atoms with van der Waals surface area (Å²) in [6, 6.07) is 19.5. The Morgan fingerprint density at radius 1 is 0.967 bits per heavy atom. The molecule has 0 radical (unpaired) electrons. The number of carbonyl (C=O) groups excluding carboxylic acids is 1. The maximum Gasteiger partial charge on any atom is 0.295 e. The Morgan fingerprint density at radius 2 is 1.67 bits per heavy atom. The first-order valence-corrected chi connectivity index (χ1v) is 10.5. The maximum atomic E-state index is 13.5. The van der Waals surface area contributed by atoms with Crippen LogP contribution in [0.25, 0.3) is 11.0 Å². The van der Waals surface area contributed by atoms with Crippen LogP contribution in [0, 0.1) is 6.92 Å². The third-order valence-corrected chi connectivity index (χ3v) is 6.09. The molecule has 1 amide bonds. The maximum absolute atomic E-state index is 13.5. The number of anilines is 1. The average molecular weight is 481 g/mol. The Kier molecular flexibility index (Phi) is 4.53. The van der Waals surface area contributed by atoms with Crippen LogP contribution in [0.15, 0.2) is 80.4 Å². The predicted octanol–water partition coefficient (Wildman–Crippen LogP) is 6.27. The Hall–Kier alpha value is -2.89. The third kappa shape index (κ3) is 2.97. The molecule has 30 heavy (non-hydrogen) atoms. The van der Waals surface area contributed by atoms with E-state index in [1.807, 2.05) is 55.5 Å². The summed E-state index contributed by atoms with van der Waals surface area (Å²) < 4.78 is 6.86. The summed E-state index contributed by atoms with van der Waals surface area (Å²) in [6.45, 7) is 1.98. The van der Waals surface area contributed by atoms with E-state index < -0.39 is 6.04 Å². The number of benzene rings is 3. The lowest BCUT2D eigenvalue weighted by Crippen LogP contribution is -2.29. The minimum Gasteiger partial charge on any atom is -0.450 e. The number of hydrogen-bond donors (Lipinski definition) is 0. The first-order valence-electron chi connectivity index (χ1n) is 9.36. The highest BCUT2D eigenvalue weighted by Gasteiger charge is 2.43. The zero-order valence-electron chi connectivity index (χ0n) is 15.9. The molecule has 3 aromatic carbocycles. The van der Waals surface area contributed by atoms with Crippen LogP contribution in [0.2, 0.25) is 5.02 Å². The van der Waals surface area contributed by atoms with Crippen molar-refractivity contribution in [3.63, 3.8) is 0 Å². The Balaban J connectivity index is 1.81. The molecule has 0 bridgehead atoms. The molecular weight excluding hydrogens is 466 g/mol. The van der Waals surface area contributed by atoms with E-state index in [1.54, 1.807) is 23.1 Å². The Labute approximate surface area is 185 Å². The highest BCUT2D eigenvalue weighted by Crippen LogP contribution is 2.41. The van der Waals surface area contributed by atoms with Crippen LogP contribution in [0.4, 0.5) is 5.69 Å². The van der Waals surface area contributed by atoms with Crippen molar-refractivity contribution < 1.29 is 9.21 Å². The smallest absolute Gasteiger partial charge is 0.295 e. The lowest BCUT2D eigenvalue weighted by Gasteiger charge is -2.25. The van der Waals surface area contributed by atoms with Gasteiger partial charge >= 0.3 is 0 Å². The molecule has 6 heteroatoms. The molecule has 0 spiro atoms. The second kappa shape index (κ2) is 7.11. The van der Waals surface area contributed by atoms with Gasteiger partial charge in [0, 0.05) is 15.2 Å². The van der Waals surface area contributed by atoms with E-state index in [4.69, 9.17) is 16.0 Å². The van der Waals surface area contributed by atoms with Crippen LogP contribution < -0.4 is 10.3 Å². The molecule has 0 N–H and O–H groups in total. The fourth-order valence-electron chi connectivity index (χ4n) is 3.88. The zero-order valence-corrected chi connectivity index (χ0v) is 18.2. The van der Waals surface area contributed by atoms with Gasteiger partial charge in [0.25, 0.3) is 5.91 Å². The van der Waals surface area contributed by atoms with Crippen molar-refractivity contribution >= 4 is 50.1 Å². The van der Waals surface area contributed by atoms with E-state index in [-0.39, 0.29) is 17.1 Å². The molecule has 4 nitrogen and oxygen atoms in total. The number of hydrogen-bond acceptors (Lipinski definition) is 3. The molecule has 0 aliphatic carbocycles. The fraction of sp³-hybridized carbons (Fsp3) is 0.0833. The zero-order chi connectivity index (χ0) is 21.0. The fourth-order valence-corrected chi connectivity index (χ4v) is 4.31. The Bertz CT molecular complexity index is 1360. The van der Waals surface area contributed by atoms with E-state index in [0.717, 1.165) is 15.6 Å². The van der Waals surface area contributed by atoms with E-state index in [2.05, 4.69) is 15.9 Å². The van der Waals surface area contributed by atoms with Crippen molar-refractivity contribution in [3.05, 3.63) is 109 Å². The lowest BCUT2D eigenvalue weighted by molar-refractivity contribution is 0.0971. The second-order valence-corrected chi connectivity index (χ2v) is 8.63. The van der Waals surface area contributed by atoms with Gasteiger partial charge in [0.15, 0.2) is 5.43 Å². The van der Waals surface area contributed by atoms with Gasteiger partial charge in [0.2, 0.25) is 5.76 Å². The number of nitrogens with zero attached hydrogens (tertiary/aromatic N) is 1. The molecule has 0 saturated carbocycles. The van der Waals surface area contributed by atoms with Gasteiger partial charge in [0.1, 0.15) is 5.58 Å². The van der Waals surface area contributed by atoms with Crippen LogP contribution in [0.5, 0.6) is 0 Å². The van der Waals surface area contributed by atoms with Gasteiger partial charge in [-0.2, -0.15) is 0 Å². The highest BCUT2D eigenvalue weighted by atomic mass is 79.9. The summed E-state index contributed by atoms with van der Waals surface area (Å²) >= 11 is 9.56. The normalized spacial score (nSPS) is 15.6. The van der Waals surface area contributed by atoms with Crippen LogP contribution in [0.1, 0.15) is 33.3 Å². The topological polar surface area (TPSA) is 50.5 Å². The molecule has 5 rings (SSSR count). The number of aryl methyl sites for hydroxylation is 1. The van der Waals surface area contributed by atoms with Gasteiger partial charge in [-0.05, 0) is 55.0 Å². The first kappa shape index (κ1) is 19.1. The summed E-state index contributed by atoms with van der Waals surface area (Å²) in [5.41, 5.74) is 3.03. The molecule has 1 atom stereocenters. The van der Waals surface area contributed by atoms with Crippen LogP contribution in [-0.2, 0) is 0 Å². The second-order valence-electron chi connectivity index (χ2n) is 7.28. The molecule has 1 aliphatic heterocycles. The van der Waals surface area contributed by atoms with Crippen molar-refractivity contribution in [2.24, 2.45) is 0 Å². The summed E-state index contributed by atoms with van der Waals surface area (Å²) in [7, 11) is 0. The summed E-state index contributed by atoms with van der Waals surface area (Å²) in [5.74, 6) is -0.265. The highest BCUT2D eigenvalue weighted by molar-refractivity contribution is 9.10. The largest absolute Gasteiger partial charge is 0.450 e. The van der Waals surface area contributed by atoms with Gasteiger partial charge in [0.05, 0.1) is 17.0 Å². The number of fused-ring (bicyclic) bond motifs is 2. The van der Waals surface area contributed by atoms with Crippen molar-refractivity contribution in [2.75, 3.05) is 4.90 Å². The summed E-state index contributed by atoms with van der Waals surface area (Å²) in [5, 5.41) is 0.802. The molecule has 148 valence electrons. The molecule has 1 aliphatic rings. The van der Waals surface area contributed by atoms with E-state index in [9.17, 15) is 9.59 Å². The van der Waals surface area contributed by atoms with Gasteiger partial charge < -0.3 is 4.42 Å². The lowest BCUT2D eigenvalue weighted by atomic mass is 9.98. The quantitative estimate of drug-likeness (QED) is 0.340. The minimum absolute atomic E-state index is 0.0725. The van der Waals surface area contributed by atoms with Crippen LogP contribution in [0.3, 0.4) is 0 Å². The minimum atomic E-state index is -0.595. The molecule has 0 fully saturated rings. The standard InChI is InChI=1S/C24H15BrClNO3/c1-13-2-9-17(10-3-13)27-21(14-4-6-15(25)7-5-14)20-22(28)18-12-16(26)8-11-19(18)30-23(20)24(27)29/h2-12,21H,1H3. The first-order chi connectivity index (χ1) is 14.4. The van der Waals surface area contributed by atoms with Crippen LogP contribution >= 0.6 is 27.5 Å². The number of halogens is 2. The van der Waals surface area contributed by atoms with Gasteiger partial charge in [-0.3, -0.25) is 14.5 Å². The monoisotopic (exact) mass is 479 g/mol. The van der Waals surface area contributed by atoms with Gasteiger partial charge in [-0.15, -0.1) is 0 Å². The number of amides is 1. The average Bonchev–Trinajstić information content (AvgIpc) is 3.03. The van der Waals surface area contributed by atoms with Crippen molar-refractivity contribution in [2.45, 2.75) is 13.0 Å².